The number of nitrogens with one attached hydrogen (secondary N) is 1. The van der Waals surface area contributed by atoms with E-state index in [4.69, 9.17) is 16.9 Å². The van der Waals surface area contributed by atoms with Crippen LogP contribution in [0.4, 0.5) is 5.69 Å². The third-order valence-electron chi connectivity index (χ3n) is 3.45. The number of rotatable bonds is 6. The number of anilines is 1. The van der Waals surface area contributed by atoms with E-state index in [0.29, 0.717) is 11.6 Å². The summed E-state index contributed by atoms with van der Waals surface area (Å²) in [6.07, 6.45) is 3.55. The summed E-state index contributed by atoms with van der Waals surface area (Å²) in [6.45, 7) is 3.82. The van der Waals surface area contributed by atoms with E-state index in [2.05, 4.69) is 16.5 Å². The van der Waals surface area contributed by atoms with Gasteiger partial charge in [-0.1, -0.05) is 30.7 Å². The molecule has 2 aromatic rings. The Labute approximate surface area is 156 Å². The normalized spacial score (nSPS) is 12.1. The van der Waals surface area contributed by atoms with Gasteiger partial charge in [-0.15, -0.1) is 11.8 Å². The molecular weight excluding hydrogens is 356 g/mol. The van der Waals surface area contributed by atoms with Crippen molar-refractivity contribution in [2.45, 2.75) is 30.4 Å². The molecule has 0 bridgehead atoms. The minimum absolute atomic E-state index is 0.149. The lowest BCUT2D eigenvalue weighted by molar-refractivity contribution is -0.111. The molecule has 2 rings (SSSR count). The van der Waals surface area contributed by atoms with Crippen molar-refractivity contribution in [3.8, 4) is 6.07 Å². The molecule has 7 heteroatoms. The first-order valence-corrected chi connectivity index (χ1v) is 8.99. The van der Waals surface area contributed by atoms with E-state index < -0.39 is 0 Å². The van der Waals surface area contributed by atoms with Gasteiger partial charge in [0, 0.05) is 35.3 Å². The van der Waals surface area contributed by atoms with Crippen molar-refractivity contribution < 1.29 is 4.79 Å². The number of hydrogen-bond donors (Lipinski definition) is 1. The molecule has 1 amide bonds. The predicted octanol–water partition coefficient (Wildman–Crippen LogP) is 4.43. The van der Waals surface area contributed by atoms with Crippen molar-refractivity contribution in [2.75, 3.05) is 5.32 Å². The molecule has 1 heterocycles. The molecule has 0 radical (unpaired) electrons. The van der Waals surface area contributed by atoms with Crippen molar-refractivity contribution in [3.63, 3.8) is 0 Å². The first-order chi connectivity index (χ1) is 11.9. The van der Waals surface area contributed by atoms with Crippen LogP contribution < -0.4 is 5.32 Å². The zero-order chi connectivity index (χ0) is 18.4. The maximum absolute atomic E-state index is 12.2. The number of carbonyl (C=O) groups is 1. The fraction of sp³-hybridized carbons (Fsp3) is 0.278. The first kappa shape index (κ1) is 19.1. The Morgan fingerprint density at radius 2 is 2.24 bits per heavy atom. The molecule has 25 heavy (non-hydrogen) atoms. The number of para-hydroxylation sites is 1. The summed E-state index contributed by atoms with van der Waals surface area (Å²) in [5, 5.41) is 16.5. The Hall–Kier alpha value is -2.23. The Balaban J connectivity index is 2.10. The van der Waals surface area contributed by atoms with Gasteiger partial charge >= 0.3 is 0 Å². The number of halogens is 1. The third-order valence-corrected chi connectivity index (χ3v) is 5.08. The highest BCUT2D eigenvalue weighted by atomic mass is 35.5. The number of amides is 1. The standard InChI is InChI=1S/C18H19ClN4OS/c1-12(10-11-20)25-16-7-5-4-6-15(16)21-17(24)9-8-14-13(2)22-23(3)18(14)19/h4-9,12H,10H2,1-3H3,(H,21,24). The van der Waals surface area contributed by atoms with Crippen LogP contribution in [0, 0.1) is 18.3 Å². The summed E-state index contributed by atoms with van der Waals surface area (Å²) < 4.78 is 1.57. The van der Waals surface area contributed by atoms with E-state index in [1.165, 1.54) is 6.08 Å². The van der Waals surface area contributed by atoms with Crippen LogP contribution >= 0.6 is 23.4 Å². The fourth-order valence-electron chi connectivity index (χ4n) is 2.23. The highest BCUT2D eigenvalue weighted by Crippen LogP contribution is 2.31. The topological polar surface area (TPSA) is 70.7 Å². The van der Waals surface area contributed by atoms with Gasteiger partial charge in [0.15, 0.2) is 0 Å². The molecule has 0 aliphatic heterocycles. The van der Waals surface area contributed by atoms with Crippen molar-refractivity contribution in [3.05, 3.63) is 46.8 Å². The Bertz CT molecular complexity index is 838. The highest BCUT2D eigenvalue weighted by Gasteiger charge is 2.11. The van der Waals surface area contributed by atoms with E-state index in [-0.39, 0.29) is 11.2 Å². The minimum atomic E-state index is -0.250. The molecule has 130 valence electrons. The van der Waals surface area contributed by atoms with E-state index in [0.717, 1.165) is 21.8 Å². The lowest BCUT2D eigenvalue weighted by atomic mass is 10.2. The molecule has 0 aliphatic carbocycles. The molecule has 0 saturated carbocycles. The second kappa shape index (κ2) is 8.75. The molecule has 5 nitrogen and oxygen atoms in total. The summed E-state index contributed by atoms with van der Waals surface area (Å²) in [5.41, 5.74) is 2.21. The average molecular weight is 375 g/mol. The largest absolute Gasteiger partial charge is 0.321 e. The molecule has 0 fully saturated rings. The molecule has 1 unspecified atom stereocenters. The second-order valence-electron chi connectivity index (χ2n) is 5.52. The maximum atomic E-state index is 12.2. The van der Waals surface area contributed by atoms with Crippen LogP contribution in [0.25, 0.3) is 6.08 Å². The van der Waals surface area contributed by atoms with Gasteiger partial charge in [0.2, 0.25) is 5.91 Å². The molecule has 1 aromatic carbocycles. The van der Waals surface area contributed by atoms with Gasteiger partial charge in [-0.25, -0.2) is 0 Å². The summed E-state index contributed by atoms with van der Waals surface area (Å²) in [7, 11) is 1.75. The number of aromatic nitrogens is 2. The zero-order valence-electron chi connectivity index (χ0n) is 14.3. The van der Waals surface area contributed by atoms with E-state index in [1.54, 1.807) is 29.6 Å². The molecule has 1 atom stereocenters. The molecule has 1 N–H and O–H groups in total. The van der Waals surface area contributed by atoms with Crippen LogP contribution in [-0.2, 0) is 11.8 Å². The van der Waals surface area contributed by atoms with Crippen LogP contribution in [0.15, 0.2) is 35.2 Å². The Morgan fingerprint density at radius 3 is 2.88 bits per heavy atom. The SMILES string of the molecule is Cc1nn(C)c(Cl)c1C=CC(=O)Nc1ccccc1SC(C)CC#N. The van der Waals surface area contributed by atoms with Gasteiger partial charge in [0.05, 0.1) is 17.5 Å². The second-order valence-corrected chi connectivity index (χ2v) is 7.36. The average Bonchev–Trinajstić information content (AvgIpc) is 2.80. The Kier molecular flexibility index (Phi) is 6.68. The van der Waals surface area contributed by atoms with E-state index in [1.807, 2.05) is 38.1 Å². The van der Waals surface area contributed by atoms with Crippen LogP contribution in [0.2, 0.25) is 5.15 Å². The monoisotopic (exact) mass is 374 g/mol. The number of carbonyl (C=O) groups excluding carboxylic acids is 1. The fourth-order valence-corrected chi connectivity index (χ4v) is 3.46. The zero-order valence-corrected chi connectivity index (χ0v) is 15.9. The molecule has 1 aromatic heterocycles. The van der Waals surface area contributed by atoms with Gasteiger partial charge < -0.3 is 5.32 Å². The molecular formula is C18H19ClN4OS. The summed E-state index contributed by atoms with van der Waals surface area (Å²) in [4.78, 5) is 13.2. The van der Waals surface area contributed by atoms with Crippen LogP contribution in [0.3, 0.4) is 0 Å². The van der Waals surface area contributed by atoms with Gasteiger partial charge in [-0.3, -0.25) is 9.48 Å². The van der Waals surface area contributed by atoms with E-state index >= 15 is 0 Å². The van der Waals surface area contributed by atoms with Crippen LogP contribution in [0.1, 0.15) is 24.6 Å². The van der Waals surface area contributed by atoms with Gasteiger partial charge in [0.25, 0.3) is 0 Å². The van der Waals surface area contributed by atoms with Gasteiger partial charge in [-0.05, 0) is 25.1 Å². The van der Waals surface area contributed by atoms with Gasteiger partial charge in [0.1, 0.15) is 5.15 Å². The number of aryl methyl sites for hydroxylation is 2. The van der Waals surface area contributed by atoms with Crippen molar-refractivity contribution in [1.82, 2.24) is 9.78 Å². The number of nitrogens with zero attached hydrogens (tertiary/aromatic N) is 3. The quantitative estimate of drug-likeness (QED) is 0.599. The number of nitriles is 1. The highest BCUT2D eigenvalue weighted by molar-refractivity contribution is 8.00. The summed E-state index contributed by atoms with van der Waals surface area (Å²) in [5.74, 6) is -0.250. The predicted molar refractivity (Wildman–Crippen MR) is 103 cm³/mol. The van der Waals surface area contributed by atoms with Crippen molar-refractivity contribution >= 4 is 41.0 Å². The minimum Gasteiger partial charge on any atom is -0.321 e. The Morgan fingerprint density at radius 1 is 1.52 bits per heavy atom. The lowest BCUT2D eigenvalue weighted by Gasteiger charge is -2.12. The maximum Gasteiger partial charge on any atom is 0.248 e. The number of thioether (sulfide) groups is 1. The molecule has 0 aliphatic rings. The van der Waals surface area contributed by atoms with Crippen molar-refractivity contribution in [2.24, 2.45) is 7.05 Å². The summed E-state index contributed by atoms with van der Waals surface area (Å²) >= 11 is 7.72. The van der Waals surface area contributed by atoms with Crippen molar-refractivity contribution in [1.29, 1.82) is 5.26 Å². The summed E-state index contributed by atoms with van der Waals surface area (Å²) in [6, 6.07) is 9.70. The molecule has 0 spiro atoms. The van der Waals surface area contributed by atoms with E-state index in [9.17, 15) is 4.79 Å². The van der Waals surface area contributed by atoms with Gasteiger partial charge in [-0.2, -0.15) is 10.4 Å². The lowest BCUT2D eigenvalue weighted by Crippen LogP contribution is -2.09. The first-order valence-electron chi connectivity index (χ1n) is 7.73. The third kappa shape index (κ3) is 5.12. The smallest absolute Gasteiger partial charge is 0.248 e. The number of hydrogen-bond acceptors (Lipinski definition) is 4. The van der Waals surface area contributed by atoms with Crippen LogP contribution in [-0.4, -0.2) is 20.9 Å². The van der Waals surface area contributed by atoms with Crippen LogP contribution in [0.5, 0.6) is 0 Å². The number of benzene rings is 1. The molecule has 0 saturated heterocycles.